The van der Waals surface area contributed by atoms with Gasteiger partial charge < -0.3 is 10.6 Å². The molecule has 25 heavy (non-hydrogen) atoms. The smallest absolute Gasteiger partial charge is 0.215 e. The van der Waals surface area contributed by atoms with E-state index in [1.54, 1.807) is 23.1 Å². The maximum atomic E-state index is 12.3. The van der Waals surface area contributed by atoms with Gasteiger partial charge in [0.1, 0.15) is 0 Å². The van der Waals surface area contributed by atoms with Crippen molar-refractivity contribution in [2.75, 3.05) is 43.9 Å². The first kappa shape index (κ1) is 22.5. The summed E-state index contributed by atoms with van der Waals surface area (Å²) < 4.78 is 26.2. The highest BCUT2D eigenvalue weighted by Gasteiger charge is 2.23. The number of hydrogen-bond acceptors (Lipinski definition) is 4. The van der Waals surface area contributed by atoms with Gasteiger partial charge in [-0.25, -0.2) is 12.7 Å². The molecule has 0 atom stereocenters. The van der Waals surface area contributed by atoms with Crippen molar-refractivity contribution in [1.29, 1.82) is 0 Å². The molecule has 0 bridgehead atoms. The molecule has 0 amide bonds. The van der Waals surface area contributed by atoms with E-state index in [4.69, 9.17) is 0 Å². The third-order valence-corrected chi connectivity index (χ3v) is 6.60. The van der Waals surface area contributed by atoms with Gasteiger partial charge in [0.05, 0.1) is 5.75 Å². The molecule has 1 aliphatic heterocycles. The molecule has 9 heteroatoms. The minimum absolute atomic E-state index is 0. The number of guanidine groups is 1. The fourth-order valence-electron chi connectivity index (χ4n) is 2.48. The second kappa shape index (κ2) is 11.2. The Bertz CT molecular complexity index is 662. The van der Waals surface area contributed by atoms with Gasteiger partial charge in [0.2, 0.25) is 10.0 Å². The molecule has 0 aromatic heterocycles. The molecule has 0 saturated carbocycles. The van der Waals surface area contributed by atoms with Crippen LogP contribution in [-0.2, 0) is 16.6 Å². The Hall–Kier alpha value is -0.520. The third kappa shape index (κ3) is 7.71. The minimum atomic E-state index is -3.19. The van der Waals surface area contributed by atoms with Gasteiger partial charge in [-0.15, -0.1) is 24.0 Å². The van der Waals surface area contributed by atoms with E-state index in [9.17, 15) is 8.42 Å². The number of sulfonamides is 1. The number of aliphatic imine (C=N–C) groups is 1. The van der Waals surface area contributed by atoms with Crippen LogP contribution in [0.3, 0.4) is 0 Å². The third-order valence-electron chi connectivity index (χ3n) is 3.78. The van der Waals surface area contributed by atoms with Crippen LogP contribution in [0.1, 0.15) is 11.1 Å². The van der Waals surface area contributed by atoms with E-state index in [0.29, 0.717) is 32.1 Å². The number of benzene rings is 1. The Morgan fingerprint density at radius 1 is 1.28 bits per heavy atom. The van der Waals surface area contributed by atoms with Gasteiger partial charge >= 0.3 is 0 Å². The van der Waals surface area contributed by atoms with Crippen molar-refractivity contribution in [2.45, 2.75) is 13.5 Å². The van der Waals surface area contributed by atoms with Crippen LogP contribution in [0.15, 0.2) is 29.3 Å². The molecule has 1 heterocycles. The van der Waals surface area contributed by atoms with Crippen LogP contribution in [0.5, 0.6) is 0 Å². The molecular formula is C16H27IN4O2S2. The summed E-state index contributed by atoms with van der Waals surface area (Å²) in [5.74, 6) is 2.46. The van der Waals surface area contributed by atoms with Gasteiger partial charge in [-0.05, 0) is 12.5 Å². The highest BCUT2D eigenvalue weighted by molar-refractivity contribution is 14.0. The van der Waals surface area contributed by atoms with E-state index < -0.39 is 10.0 Å². The zero-order valence-electron chi connectivity index (χ0n) is 14.7. The van der Waals surface area contributed by atoms with Crippen molar-refractivity contribution in [1.82, 2.24) is 14.9 Å². The minimum Gasteiger partial charge on any atom is -0.355 e. The molecule has 2 N–H and O–H groups in total. The highest BCUT2D eigenvalue weighted by atomic mass is 127. The van der Waals surface area contributed by atoms with E-state index in [1.807, 2.05) is 12.1 Å². The summed E-state index contributed by atoms with van der Waals surface area (Å²) in [6, 6.07) is 8.23. The number of halogens is 1. The lowest BCUT2D eigenvalue weighted by Gasteiger charge is -2.25. The van der Waals surface area contributed by atoms with Crippen molar-refractivity contribution in [3.63, 3.8) is 0 Å². The normalized spacial score (nSPS) is 16.2. The first-order valence-electron chi connectivity index (χ1n) is 8.07. The van der Waals surface area contributed by atoms with Gasteiger partial charge in [0.15, 0.2) is 5.96 Å². The van der Waals surface area contributed by atoms with Gasteiger partial charge in [-0.2, -0.15) is 11.8 Å². The summed E-state index contributed by atoms with van der Waals surface area (Å²) in [6.07, 6.45) is 0. The molecule has 1 aliphatic rings. The van der Waals surface area contributed by atoms with Gasteiger partial charge in [0.25, 0.3) is 0 Å². The second-order valence-corrected chi connectivity index (χ2v) is 8.98. The average molecular weight is 498 g/mol. The molecule has 0 unspecified atom stereocenters. The van der Waals surface area contributed by atoms with Crippen LogP contribution in [0.25, 0.3) is 0 Å². The Balaban J connectivity index is 0.00000312. The summed E-state index contributed by atoms with van der Waals surface area (Å²) in [6.45, 7) is 4.29. The second-order valence-electron chi connectivity index (χ2n) is 5.67. The fourth-order valence-corrected chi connectivity index (χ4v) is 4.97. The predicted octanol–water partition coefficient (Wildman–Crippen LogP) is 1.66. The zero-order chi connectivity index (χ0) is 17.4. The Kier molecular flexibility index (Phi) is 10.1. The summed E-state index contributed by atoms with van der Waals surface area (Å²) in [4.78, 5) is 4.14. The van der Waals surface area contributed by atoms with E-state index >= 15 is 0 Å². The quantitative estimate of drug-likeness (QED) is 0.355. The summed E-state index contributed by atoms with van der Waals surface area (Å²) in [5, 5.41) is 6.28. The average Bonchev–Trinajstić information content (AvgIpc) is 2.58. The molecule has 142 valence electrons. The van der Waals surface area contributed by atoms with Crippen LogP contribution in [0.2, 0.25) is 0 Å². The molecule has 6 nitrogen and oxygen atoms in total. The number of hydrogen-bond donors (Lipinski definition) is 2. The zero-order valence-corrected chi connectivity index (χ0v) is 18.7. The predicted molar refractivity (Wildman–Crippen MR) is 117 cm³/mol. The monoisotopic (exact) mass is 498 g/mol. The molecule has 0 aliphatic carbocycles. The van der Waals surface area contributed by atoms with Crippen LogP contribution in [-0.4, -0.2) is 62.6 Å². The summed E-state index contributed by atoms with van der Waals surface area (Å²) >= 11 is 1.80. The lowest BCUT2D eigenvalue weighted by atomic mass is 10.1. The molecule has 2 rings (SSSR count). The SMILES string of the molecule is CN=C(NCCS(=O)(=O)N1CCSCC1)NCc1cccc(C)c1.I. The first-order chi connectivity index (χ1) is 11.5. The van der Waals surface area contributed by atoms with Gasteiger partial charge in [-0.3, -0.25) is 4.99 Å². The van der Waals surface area contributed by atoms with E-state index in [2.05, 4.69) is 34.7 Å². The Labute approximate surface area is 172 Å². The maximum absolute atomic E-state index is 12.3. The van der Waals surface area contributed by atoms with E-state index in [1.165, 1.54) is 5.56 Å². The Morgan fingerprint density at radius 2 is 2.00 bits per heavy atom. The molecule has 1 aromatic carbocycles. The van der Waals surface area contributed by atoms with Crippen molar-refractivity contribution in [3.05, 3.63) is 35.4 Å². The lowest BCUT2D eigenvalue weighted by Crippen LogP contribution is -2.44. The Morgan fingerprint density at radius 3 is 2.64 bits per heavy atom. The summed E-state index contributed by atoms with van der Waals surface area (Å²) in [7, 11) is -1.50. The van der Waals surface area contributed by atoms with Crippen molar-refractivity contribution in [2.24, 2.45) is 4.99 Å². The molecule has 0 spiro atoms. The van der Waals surface area contributed by atoms with Crippen LogP contribution in [0, 0.1) is 6.92 Å². The number of aryl methyl sites for hydroxylation is 1. The summed E-state index contributed by atoms with van der Waals surface area (Å²) in [5.41, 5.74) is 2.37. The standard InChI is InChI=1S/C16H26N4O2S2.HI/c1-14-4-3-5-15(12-14)13-19-16(17-2)18-6-11-24(21,22)20-7-9-23-10-8-20;/h3-5,12H,6-11,13H2,1-2H3,(H2,17,18,19);1H. The van der Waals surface area contributed by atoms with Crippen molar-refractivity contribution in [3.8, 4) is 0 Å². The molecule has 1 saturated heterocycles. The van der Waals surface area contributed by atoms with Crippen LogP contribution < -0.4 is 10.6 Å². The van der Waals surface area contributed by atoms with Crippen molar-refractivity contribution < 1.29 is 8.42 Å². The van der Waals surface area contributed by atoms with E-state index in [0.717, 1.165) is 17.1 Å². The number of nitrogens with one attached hydrogen (secondary N) is 2. The van der Waals surface area contributed by atoms with E-state index in [-0.39, 0.29) is 29.7 Å². The topological polar surface area (TPSA) is 73.8 Å². The maximum Gasteiger partial charge on any atom is 0.215 e. The van der Waals surface area contributed by atoms with Gasteiger partial charge in [-0.1, -0.05) is 29.8 Å². The van der Waals surface area contributed by atoms with Crippen LogP contribution >= 0.6 is 35.7 Å². The fraction of sp³-hybridized carbons (Fsp3) is 0.562. The molecule has 1 fully saturated rings. The molecule has 0 radical (unpaired) electrons. The van der Waals surface area contributed by atoms with Gasteiger partial charge in [0, 0.05) is 44.7 Å². The first-order valence-corrected chi connectivity index (χ1v) is 10.8. The van der Waals surface area contributed by atoms with Crippen molar-refractivity contribution >= 4 is 51.7 Å². The highest BCUT2D eigenvalue weighted by Crippen LogP contribution is 2.13. The number of nitrogens with zero attached hydrogens (tertiary/aromatic N) is 2. The molecular weight excluding hydrogens is 471 g/mol. The van der Waals surface area contributed by atoms with Crippen LogP contribution in [0.4, 0.5) is 0 Å². The largest absolute Gasteiger partial charge is 0.355 e. The number of rotatable bonds is 6. The molecule has 1 aromatic rings. The lowest BCUT2D eigenvalue weighted by molar-refractivity contribution is 0.443. The number of thioether (sulfide) groups is 1.